The molecular weight excluding hydrogens is 446 g/mol. The van der Waals surface area contributed by atoms with Gasteiger partial charge < -0.3 is 15.4 Å². The van der Waals surface area contributed by atoms with Crippen molar-refractivity contribution in [3.05, 3.63) is 95.6 Å². The molecule has 2 N–H and O–H groups in total. The standard InChI is InChI=1S/C31H35N3O2/c1-5-6-19-36-26-17-13-24(14-18-26)22(4)32-31(35)28-20-30(34-29-10-8-7-9-27(28)29)33-25-15-11-23(12-16-25)21(2)3/h7-18,20-22H,5-6,19H2,1-4H3,(H,32,35)(H,33,34)/t22-/m0/s1. The smallest absolute Gasteiger partial charge is 0.252 e. The van der Waals surface area contributed by atoms with Crippen LogP contribution in [0.1, 0.15) is 74.0 Å². The Balaban J connectivity index is 1.53. The average molecular weight is 482 g/mol. The molecule has 0 spiro atoms. The molecule has 0 aliphatic carbocycles. The van der Waals surface area contributed by atoms with Gasteiger partial charge in [-0.1, -0.05) is 69.7 Å². The number of carbonyl (C=O) groups excluding carboxylic acids is 1. The molecule has 0 saturated carbocycles. The molecule has 5 heteroatoms. The number of ether oxygens (including phenoxy) is 1. The van der Waals surface area contributed by atoms with E-state index < -0.39 is 0 Å². The molecule has 186 valence electrons. The van der Waals surface area contributed by atoms with Crippen LogP contribution < -0.4 is 15.4 Å². The number of fused-ring (bicyclic) bond motifs is 1. The van der Waals surface area contributed by atoms with Crippen molar-refractivity contribution in [1.82, 2.24) is 10.3 Å². The second-order valence-corrected chi connectivity index (χ2v) is 9.44. The van der Waals surface area contributed by atoms with Gasteiger partial charge in [0.1, 0.15) is 11.6 Å². The summed E-state index contributed by atoms with van der Waals surface area (Å²) in [5.74, 6) is 1.82. The van der Waals surface area contributed by atoms with E-state index in [1.165, 1.54) is 5.56 Å². The molecule has 1 heterocycles. The molecule has 36 heavy (non-hydrogen) atoms. The van der Waals surface area contributed by atoms with Crippen LogP contribution in [0.5, 0.6) is 5.75 Å². The van der Waals surface area contributed by atoms with Gasteiger partial charge in [0, 0.05) is 11.1 Å². The Bertz CT molecular complexity index is 1300. The Morgan fingerprint density at radius 3 is 2.31 bits per heavy atom. The largest absolute Gasteiger partial charge is 0.494 e. The molecule has 4 rings (SSSR count). The van der Waals surface area contributed by atoms with Crippen molar-refractivity contribution in [2.45, 2.75) is 52.5 Å². The number of anilines is 2. The first-order valence-electron chi connectivity index (χ1n) is 12.7. The molecule has 3 aromatic carbocycles. The monoisotopic (exact) mass is 481 g/mol. The highest BCUT2D eigenvalue weighted by molar-refractivity contribution is 6.07. The summed E-state index contributed by atoms with van der Waals surface area (Å²) >= 11 is 0. The summed E-state index contributed by atoms with van der Waals surface area (Å²) in [6.07, 6.45) is 2.14. The molecule has 5 nitrogen and oxygen atoms in total. The van der Waals surface area contributed by atoms with Gasteiger partial charge in [0.2, 0.25) is 0 Å². The Morgan fingerprint density at radius 2 is 1.61 bits per heavy atom. The fourth-order valence-electron chi connectivity index (χ4n) is 4.07. The normalized spacial score (nSPS) is 11.9. The maximum Gasteiger partial charge on any atom is 0.252 e. The zero-order valence-corrected chi connectivity index (χ0v) is 21.5. The third kappa shape index (κ3) is 6.22. The zero-order chi connectivity index (χ0) is 25.5. The molecule has 0 unspecified atom stereocenters. The molecule has 4 aromatic rings. The minimum atomic E-state index is -0.158. The molecule has 0 aliphatic heterocycles. The average Bonchev–Trinajstić information content (AvgIpc) is 2.89. The van der Waals surface area contributed by atoms with Crippen LogP contribution in [0.15, 0.2) is 78.9 Å². The maximum atomic E-state index is 13.4. The highest BCUT2D eigenvalue weighted by Crippen LogP contribution is 2.26. The van der Waals surface area contributed by atoms with E-state index in [0.717, 1.165) is 47.4 Å². The Kier molecular flexibility index (Phi) is 8.21. The van der Waals surface area contributed by atoms with Gasteiger partial charge in [-0.15, -0.1) is 0 Å². The second-order valence-electron chi connectivity index (χ2n) is 9.44. The van der Waals surface area contributed by atoms with Gasteiger partial charge in [-0.3, -0.25) is 4.79 Å². The van der Waals surface area contributed by atoms with Crippen molar-refractivity contribution in [3.63, 3.8) is 0 Å². The van der Waals surface area contributed by atoms with E-state index in [4.69, 9.17) is 9.72 Å². The van der Waals surface area contributed by atoms with Crippen molar-refractivity contribution in [2.75, 3.05) is 11.9 Å². The lowest BCUT2D eigenvalue weighted by molar-refractivity contribution is 0.0941. The lowest BCUT2D eigenvalue weighted by Crippen LogP contribution is -2.27. The van der Waals surface area contributed by atoms with Gasteiger partial charge in [-0.25, -0.2) is 4.98 Å². The molecular formula is C31H35N3O2. The number of aromatic nitrogens is 1. The summed E-state index contributed by atoms with van der Waals surface area (Å²) in [7, 11) is 0. The van der Waals surface area contributed by atoms with Crippen LogP contribution in [0, 0.1) is 0 Å². The number of amides is 1. The molecule has 1 aromatic heterocycles. The van der Waals surface area contributed by atoms with Crippen molar-refractivity contribution in [2.24, 2.45) is 0 Å². The van der Waals surface area contributed by atoms with E-state index in [1.807, 2.05) is 73.7 Å². The highest BCUT2D eigenvalue weighted by atomic mass is 16.5. The summed E-state index contributed by atoms with van der Waals surface area (Å²) in [6, 6.07) is 25.6. The van der Waals surface area contributed by atoms with Crippen LogP contribution in [0.3, 0.4) is 0 Å². The Hall–Kier alpha value is -3.86. The number of nitrogens with zero attached hydrogens (tertiary/aromatic N) is 1. The van der Waals surface area contributed by atoms with Gasteiger partial charge in [0.15, 0.2) is 0 Å². The molecule has 0 fully saturated rings. The minimum absolute atomic E-state index is 0.137. The van der Waals surface area contributed by atoms with Crippen LogP contribution in [-0.2, 0) is 0 Å². The van der Waals surface area contributed by atoms with Gasteiger partial charge in [-0.2, -0.15) is 0 Å². The molecule has 0 aliphatic rings. The van der Waals surface area contributed by atoms with Crippen LogP contribution in [0.4, 0.5) is 11.5 Å². The first-order chi connectivity index (χ1) is 17.4. The Morgan fingerprint density at radius 1 is 0.917 bits per heavy atom. The third-order valence-corrected chi connectivity index (χ3v) is 6.30. The van der Waals surface area contributed by atoms with Crippen molar-refractivity contribution < 1.29 is 9.53 Å². The fourth-order valence-corrected chi connectivity index (χ4v) is 4.07. The number of pyridine rings is 1. The summed E-state index contributed by atoms with van der Waals surface area (Å²) in [5.41, 5.74) is 4.60. The van der Waals surface area contributed by atoms with E-state index in [2.05, 4.69) is 43.5 Å². The number of carbonyl (C=O) groups is 1. The van der Waals surface area contributed by atoms with Gasteiger partial charge >= 0.3 is 0 Å². The van der Waals surface area contributed by atoms with Gasteiger partial charge in [0.05, 0.1) is 23.7 Å². The van der Waals surface area contributed by atoms with E-state index >= 15 is 0 Å². The Labute approximate surface area is 213 Å². The third-order valence-electron chi connectivity index (χ3n) is 6.30. The number of hydrogen-bond acceptors (Lipinski definition) is 4. The number of hydrogen-bond donors (Lipinski definition) is 2. The first-order valence-corrected chi connectivity index (χ1v) is 12.7. The predicted molar refractivity (Wildman–Crippen MR) is 148 cm³/mol. The summed E-state index contributed by atoms with van der Waals surface area (Å²) < 4.78 is 5.76. The summed E-state index contributed by atoms with van der Waals surface area (Å²) in [6.45, 7) is 9.20. The highest BCUT2D eigenvalue weighted by Gasteiger charge is 2.16. The number of rotatable bonds is 10. The van der Waals surface area contributed by atoms with E-state index in [1.54, 1.807) is 0 Å². The number of unbranched alkanes of at least 4 members (excludes halogenated alkanes) is 1. The van der Waals surface area contributed by atoms with Crippen molar-refractivity contribution in [3.8, 4) is 5.75 Å². The van der Waals surface area contributed by atoms with Crippen molar-refractivity contribution in [1.29, 1.82) is 0 Å². The number of benzene rings is 3. The van der Waals surface area contributed by atoms with Gasteiger partial charge in [0.25, 0.3) is 5.91 Å². The summed E-state index contributed by atoms with van der Waals surface area (Å²) in [4.78, 5) is 18.2. The molecule has 1 atom stereocenters. The minimum Gasteiger partial charge on any atom is -0.494 e. The lowest BCUT2D eigenvalue weighted by atomic mass is 10.0. The quantitative estimate of drug-likeness (QED) is 0.227. The zero-order valence-electron chi connectivity index (χ0n) is 21.5. The van der Waals surface area contributed by atoms with Crippen LogP contribution in [0.2, 0.25) is 0 Å². The molecule has 0 bridgehead atoms. The maximum absolute atomic E-state index is 13.4. The molecule has 0 saturated heterocycles. The number of para-hydroxylation sites is 1. The second kappa shape index (κ2) is 11.7. The molecule has 0 radical (unpaired) electrons. The van der Waals surface area contributed by atoms with Crippen LogP contribution >= 0.6 is 0 Å². The van der Waals surface area contributed by atoms with Crippen molar-refractivity contribution >= 4 is 28.3 Å². The van der Waals surface area contributed by atoms with E-state index in [-0.39, 0.29) is 11.9 Å². The topological polar surface area (TPSA) is 63.2 Å². The molecule has 1 amide bonds. The number of nitrogens with one attached hydrogen (secondary N) is 2. The fraction of sp³-hybridized carbons (Fsp3) is 0.290. The van der Waals surface area contributed by atoms with E-state index in [9.17, 15) is 4.79 Å². The van der Waals surface area contributed by atoms with E-state index in [0.29, 0.717) is 17.3 Å². The summed E-state index contributed by atoms with van der Waals surface area (Å²) in [5, 5.41) is 7.34. The van der Waals surface area contributed by atoms with Gasteiger partial charge in [-0.05, 0) is 66.8 Å². The first kappa shape index (κ1) is 25.2. The van der Waals surface area contributed by atoms with Crippen LogP contribution in [0.25, 0.3) is 10.9 Å². The predicted octanol–water partition coefficient (Wildman–Crippen LogP) is 7.77. The SMILES string of the molecule is CCCCOc1ccc([C@H](C)NC(=O)c2cc(Nc3ccc(C(C)C)cc3)nc3ccccc23)cc1. The lowest BCUT2D eigenvalue weighted by Gasteiger charge is -2.17. The van der Waals surface area contributed by atoms with Crippen LogP contribution in [-0.4, -0.2) is 17.5 Å².